The second-order valence-corrected chi connectivity index (χ2v) is 4.47. The quantitative estimate of drug-likeness (QED) is 0.739. The zero-order valence-electron chi connectivity index (χ0n) is 15.4. The predicted molar refractivity (Wildman–Crippen MR) is 70.4 cm³/mol. The van der Waals surface area contributed by atoms with Gasteiger partial charge in [-0.3, -0.25) is 19.7 Å². The maximum atomic E-state index is 12.6. The normalized spacial score (nSPS) is 34.4. The van der Waals surface area contributed by atoms with Gasteiger partial charge in [0, 0.05) is 30.5 Å². The molecule has 2 aliphatic rings. The SMILES string of the molecule is [2H]C1([2H])C(=O)NC(=O)C([2H])(N2Cc3cc(CN)ccc3C2=O)C1([2H])[2H]. The number of nitrogens with two attached hydrogens (primary N) is 1. The molecule has 0 bridgehead atoms. The van der Waals surface area contributed by atoms with Gasteiger partial charge in [-0.1, -0.05) is 12.1 Å². The Morgan fingerprint density at radius 2 is 2.25 bits per heavy atom. The lowest BCUT2D eigenvalue weighted by atomic mass is 10.0. The molecule has 2 aliphatic heterocycles. The highest BCUT2D eigenvalue weighted by molar-refractivity contribution is 6.05. The van der Waals surface area contributed by atoms with E-state index in [1.54, 1.807) is 17.4 Å². The lowest BCUT2D eigenvalue weighted by Gasteiger charge is -2.29. The average Bonchev–Trinajstić information content (AvgIpc) is 2.88. The number of nitrogens with zero attached hydrogens (tertiary/aromatic N) is 1. The maximum absolute atomic E-state index is 12.6. The minimum Gasteiger partial charge on any atom is -0.326 e. The largest absolute Gasteiger partial charge is 0.326 e. The van der Waals surface area contributed by atoms with E-state index in [9.17, 15) is 14.4 Å². The van der Waals surface area contributed by atoms with Gasteiger partial charge in [0.25, 0.3) is 5.91 Å². The van der Waals surface area contributed by atoms with Gasteiger partial charge in [-0.25, -0.2) is 0 Å². The number of carbonyl (C=O) groups excluding carboxylic acids is 3. The molecule has 6 nitrogen and oxygen atoms in total. The topological polar surface area (TPSA) is 92.5 Å². The molecule has 1 aromatic rings. The summed E-state index contributed by atoms with van der Waals surface area (Å²) in [6.45, 7) is -0.0471. The fourth-order valence-electron chi connectivity index (χ4n) is 2.24. The Hall–Kier alpha value is -2.21. The molecule has 1 saturated heterocycles. The van der Waals surface area contributed by atoms with Crippen LogP contribution in [0.3, 0.4) is 0 Å². The van der Waals surface area contributed by atoms with Gasteiger partial charge < -0.3 is 10.6 Å². The van der Waals surface area contributed by atoms with Crippen LogP contribution in [-0.4, -0.2) is 28.6 Å². The molecule has 2 heterocycles. The first kappa shape index (κ1) is 8.16. The minimum absolute atomic E-state index is 0.185. The molecule has 0 saturated carbocycles. The van der Waals surface area contributed by atoms with E-state index in [2.05, 4.69) is 0 Å². The molecule has 3 N–H and O–H groups in total. The molecule has 1 fully saturated rings. The average molecular weight is 278 g/mol. The van der Waals surface area contributed by atoms with Crippen molar-refractivity contribution in [1.82, 2.24) is 10.2 Å². The molecule has 0 spiro atoms. The zero-order valence-corrected chi connectivity index (χ0v) is 10.4. The van der Waals surface area contributed by atoms with Crippen molar-refractivity contribution < 1.29 is 21.2 Å². The fraction of sp³-hybridized carbons (Fsp3) is 0.357. The van der Waals surface area contributed by atoms with Crippen LogP contribution in [0, 0.1) is 0 Å². The van der Waals surface area contributed by atoms with Crippen LogP contribution in [0.2, 0.25) is 0 Å². The van der Waals surface area contributed by atoms with E-state index in [-0.39, 0.29) is 18.7 Å². The lowest BCUT2D eigenvalue weighted by molar-refractivity contribution is -0.136. The molecular formula is C14H15N3O3. The molecule has 1 unspecified atom stereocenters. The Kier molecular flexibility index (Phi) is 1.92. The first-order valence-electron chi connectivity index (χ1n) is 8.48. The van der Waals surface area contributed by atoms with Gasteiger partial charge >= 0.3 is 0 Å². The molecule has 0 radical (unpaired) electrons. The lowest BCUT2D eigenvalue weighted by Crippen LogP contribution is -2.52. The van der Waals surface area contributed by atoms with Crippen LogP contribution in [0.1, 0.15) is 41.1 Å². The summed E-state index contributed by atoms with van der Waals surface area (Å²) in [4.78, 5) is 37.3. The van der Waals surface area contributed by atoms with Crippen molar-refractivity contribution in [1.29, 1.82) is 0 Å². The van der Waals surface area contributed by atoms with E-state index in [1.165, 1.54) is 6.07 Å². The van der Waals surface area contributed by atoms with Crippen LogP contribution in [0.25, 0.3) is 0 Å². The van der Waals surface area contributed by atoms with Crippen LogP contribution in [-0.2, 0) is 22.7 Å². The number of carbonyl (C=O) groups is 3. The number of benzene rings is 1. The van der Waals surface area contributed by atoms with Crippen LogP contribution < -0.4 is 11.1 Å². The van der Waals surface area contributed by atoms with Gasteiger partial charge in [0.1, 0.15) is 6.02 Å². The summed E-state index contributed by atoms with van der Waals surface area (Å²) >= 11 is 0. The number of rotatable bonds is 2. The van der Waals surface area contributed by atoms with Crippen LogP contribution >= 0.6 is 0 Å². The zero-order chi connectivity index (χ0) is 18.8. The van der Waals surface area contributed by atoms with Crippen molar-refractivity contribution in [3.63, 3.8) is 0 Å². The van der Waals surface area contributed by atoms with Crippen LogP contribution in [0.5, 0.6) is 0 Å². The minimum atomic E-state index is -3.26. The maximum Gasteiger partial charge on any atom is 0.255 e. The van der Waals surface area contributed by atoms with Gasteiger partial charge in [-0.05, 0) is 23.6 Å². The van der Waals surface area contributed by atoms with Crippen LogP contribution in [0.4, 0.5) is 0 Å². The standard InChI is InChI=1S/C14H15N3O3/c15-6-8-1-2-10-9(5-8)7-17(14(10)20)11-3-4-12(18)16-13(11)19/h1-2,5,11H,3-4,6-7,15H2,(H,16,18,19)/i3D2,4D2,11D. The van der Waals surface area contributed by atoms with Crippen LogP contribution in [0.15, 0.2) is 18.2 Å². The third kappa shape index (κ3) is 1.98. The summed E-state index contributed by atoms with van der Waals surface area (Å²) in [5.74, 6) is -3.63. The highest BCUT2D eigenvalue weighted by atomic mass is 16.2. The Balaban J connectivity index is 2.10. The molecule has 104 valence electrons. The predicted octanol–water partition coefficient (Wildman–Crippen LogP) is -0.0937. The Bertz CT molecular complexity index is 813. The van der Waals surface area contributed by atoms with Crippen molar-refractivity contribution in [3.05, 3.63) is 34.9 Å². The van der Waals surface area contributed by atoms with Crippen molar-refractivity contribution in [2.24, 2.45) is 5.73 Å². The second-order valence-electron chi connectivity index (χ2n) is 4.47. The van der Waals surface area contributed by atoms with Gasteiger partial charge in [0.05, 0.1) is 1.37 Å². The summed E-state index contributed by atoms with van der Waals surface area (Å²) in [7, 11) is 0. The van der Waals surface area contributed by atoms with Crippen molar-refractivity contribution in [2.45, 2.75) is 31.9 Å². The number of imide groups is 1. The molecule has 0 aliphatic carbocycles. The second kappa shape index (κ2) is 4.72. The summed E-state index contributed by atoms with van der Waals surface area (Å²) in [5, 5.41) is 1.67. The van der Waals surface area contributed by atoms with Gasteiger partial charge in [0.15, 0.2) is 0 Å². The Morgan fingerprint density at radius 1 is 1.45 bits per heavy atom. The molecule has 1 atom stereocenters. The number of nitrogens with one attached hydrogen (secondary N) is 1. The summed E-state index contributed by atoms with van der Waals surface area (Å²) in [6, 6.07) is 1.75. The third-order valence-electron chi connectivity index (χ3n) is 3.22. The van der Waals surface area contributed by atoms with Gasteiger partial charge in [0.2, 0.25) is 11.8 Å². The number of hydrogen-bond donors (Lipinski definition) is 2. The van der Waals surface area contributed by atoms with E-state index in [1.807, 2.05) is 0 Å². The van der Waals surface area contributed by atoms with Crippen molar-refractivity contribution in [3.8, 4) is 0 Å². The number of fused-ring (bicyclic) bond motifs is 1. The highest BCUT2D eigenvalue weighted by Crippen LogP contribution is 2.28. The van der Waals surface area contributed by atoms with Crippen molar-refractivity contribution >= 4 is 17.7 Å². The van der Waals surface area contributed by atoms with E-state index in [0.29, 0.717) is 16.0 Å². The summed E-state index contributed by atoms with van der Waals surface area (Å²) in [6.07, 6.45) is -6.42. The molecule has 3 rings (SSSR count). The van der Waals surface area contributed by atoms with Crippen molar-refractivity contribution in [2.75, 3.05) is 0 Å². The Morgan fingerprint density at radius 3 is 3.00 bits per heavy atom. The molecular weight excluding hydrogens is 258 g/mol. The van der Waals surface area contributed by atoms with E-state index in [4.69, 9.17) is 12.6 Å². The smallest absolute Gasteiger partial charge is 0.255 e. The molecule has 6 heteroatoms. The number of piperidine rings is 1. The third-order valence-corrected chi connectivity index (χ3v) is 3.22. The molecule has 20 heavy (non-hydrogen) atoms. The first-order chi connectivity index (χ1) is 11.5. The summed E-state index contributed by atoms with van der Waals surface area (Å²) < 4.78 is 39.7. The number of amides is 3. The summed E-state index contributed by atoms with van der Waals surface area (Å²) in [5.41, 5.74) is 6.91. The molecule has 3 amide bonds. The fourth-order valence-corrected chi connectivity index (χ4v) is 2.24. The number of hydrogen-bond acceptors (Lipinski definition) is 4. The van der Waals surface area contributed by atoms with E-state index < -0.39 is 36.5 Å². The van der Waals surface area contributed by atoms with Gasteiger partial charge in [-0.15, -0.1) is 0 Å². The van der Waals surface area contributed by atoms with Gasteiger partial charge in [-0.2, -0.15) is 0 Å². The Labute approximate surface area is 122 Å². The molecule has 1 aromatic carbocycles. The first-order valence-corrected chi connectivity index (χ1v) is 5.98. The van der Waals surface area contributed by atoms with E-state index in [0.717, 1.165) is 0 Å². The highest BCUT2D eigenvalue weighted by Gasteiger charge is 2.38. The monoisotopic (exact) mass is 278 g/mol. The molecule has 0 aromatic heterocycles. The van der Waals surface area contributed by atoms with E-state index >= 15 is 0 Å².